The highest BCUT2D eigenvalue weighted by molar-refractivity contribution is 8.13. The molecule has 0 fully saturated rings. The monoisotopic (exact) mass is 460 g/mol. The zero-order valence-electron chi connectivity index (χ0n) is 16.6. The molecule has 2 aliphatic rings. The summed E-state index contributed by atoms with van der Waals surface area (Å²) in [6.07, 6.45) is 4.14. The van der Waals surface area contributed by atoms with E-state index in [0.717, 1.165) is 28.3 Å². The van der Waals surface area contributed by atoms with Crippen molar-refractivity contribution in [3.8, 4) is 0 Å². The maximum absolute atomic E-state index is 13.1. The Morgan fingerprint density at radius 3 is 2.77 bits per heavy atom. The average Bonchev–Trinajstić information content (AvgIpc) is 2.73. The molecule has 30 heavy (non-hydrogen) atoms. The van der Waals surface area contributed by atoms with E-state index in [9.17, 15) is 4.79 Å². The third kappa shape index (κ3) is 4.36. The molecule has 0 spiro atoms. The topological polar surface area (TPSA) is 57.1 Å². The van der Waals surface area contributed by atoms with Gasteiger partial charge in [0.1, 0.15) is 5.70 Å². The van der Waals surface area contributed by atoms with Crippen molar-refractivity contribution >= 4 is 51.7 Å². The van der Waals surface area contributed by atoms with E-state index in [1.54, 1.807) is 28.9 Å². The number of carbonyl (C=O) groups excluding carboxylic acids is 1. The first-order chi connectivity index (χ1) is 14.6. The van der Waals surface area contributed by atoms with Crippen molar-refractivity contribution in [1.29, 1.82) is 0 Å². The zero-order valence-corrected chi connectivity index (χ0v) is 18.9. The lowest BCUT2D eigenvalue weighted by Gasteiger charge is -2.34. The predicted octanol–water partition coefficient (Wildman–Crippen LogP) is 4.45. The predicted molar refractivity (Wildman–Crippen MR) is 124 cm³/mol. The van der Waals surface area contributed by atoms with Gasteiger partial charge in [-0.15, -0.1) is 5.10 Å². The number of rotatable bonds is 6. The van der Waals surface area contributed by atoms with Crippen molar-refractivity contribution in [2.24, 2.45) is 10.1 Å². The van der Waals surface area contributed by atoms with Gasteiger partial charge in [0.2, 0.25) is 0 Å². The summed E-state index contributed by atoms with van der Waals surface area (Å²) in [5.41, 5.74) is 1.23. The highest BCUT2D eigenvalue weighted by Crippen LogP contribution is 2.35. The highest BCUT2D eigenvalue weighted by Gasteiger charge is 2.35. The molecule has 1 amide bonds. The smallest absolute Gasteiger partial charge is 0.276 e. The van der Waals surface area contributed by atoms with Crippen LogP contribution in [0.5, 0.6) is 0 Å². The van der Waals surface area contributed by atoms with E-state index in [-0.39, 0.29) is 5.91 Å². The summed E-state index contributed by atoms with van der Waals surface area (Å²) in [5, 5.41) is 12.5. The van der Waals surface area contributed by atoms with Crippen LogP contribution < -0.4 is 15.9 Å². The first kappa shape index (κ1) is 21.2. The van der Waals surface area contributed by atoms with E-state index in [2.05, 4.69) is 12.2 Å². The molecular weight excluding hydrogens is 439 g/mol. The number of amides is 1. The SMILES string of the molecule is CCCCCCSC1=NN2C(=c3ccccc3=N[C@@H]2c2ccc(Cl)cc2Cl)C(=O)N1. The van der Waals surface area contributed by atoms with E-state index < -0.39 is 6.17 Å². The molecule has 0 bridgehead atoms. The molecule has 156 valence electrons. The standard InChI is InChI=1S/C22H22Cl2N4OS/c1-2-3-4-7-12-30-22-26-21(29)19-16-8-5-6-9-18(16)25-20(28(19)27-22)15-11-10-14(23)13-17(15)24/h5-6,8-11,13,20H,2-4,7,12H2,1H3,(H,26,27,29)/t20-/m0/s1. The zero-order chi connectivity index (χ0) is 21.1. The Bertz CT molecular complexity index is 1120. The number of hydrazone groups is 1. The average molecular weight is 461 g/mol. The fourth-order valence-corrected chi connectivity index (χ4v) is 4.86. The van der Waals surface area contributed by atoms with E-state index in [0.29, 0.717) is 20.9 Å². The van der Waals surface area contributed by atoms with Gasteiger partial charge in [-0.3, -0.25) is 15.1 Å². The van der Waals surface area contributed by atoms with Gasteiger partial charge in [-0.05, 0) is 24.6 Å². The van der Waals surface area contributed by atoms with Gasteiger partial charge in [-0.2, -0.15) is 0 Å². The summed E-state index contributed by atoms with van der Waals surface area (Å²) < 4.78 is 0. The number of hydrogen-bond donors (Lipinski definition) is 1. The van der Waals surface area contributed by atoms with E-state index in [1.165, 1.54) is 19.3 Å². The molecule has 0 saturated carbocycles. The summed E-state index contributed by atoms with van der Waals surface area (Å²) in [5.74, 6) is 0.723. The lowest BCUT2D eigenvalue weighted by Crippen LogP contribution is -2.50. The van der Waals surface area contributed by atoms with Crippen molar-refractivity contribution in [3.05, 3.63) is 68.6 Å². The number of halogens is 2. The van der Waals surface area contributed by atoms with E-state index in [1.807, 2.05) is 30.3 Å². The molecule has 0 radical (unpaired) electrons. The van der Waals surface area contributed by atoms with E-state index >= 15 is 0 Å². The van der Waals surface area contributed by atoms with E-state index in [4.69, 9.17) is 33.3 Å². The first-order valence-electron chi connectivity index (χ1n) is 10.0. The van der Waals surface area contributed by atoms with Crippen LogP contribution in [0, 0.1) is 0 Å². The van der Waals surface area contributed by atoms with Gasteiger partial charge >= 0.3 is 0 Å². The molecule has 2 aliphatic heterocycles. The Morgan fingerprint density at radius 2 is 1.97 bits per heavy atom. The van der Waals surface area contributed by atoms with Crippen molar-refractivity contribution in [2.75, 3.05) is 5.75 Å². The second kappa shape index (κ2) is 9.41. The number of thioether (sulfide) groups is 1. The number of fused-ring (bicyclic) bond motifs is 2. The molecule has 1 N–H and O–H groups in total. The number of amidine groups is 1. The molecule has 0 aliphatic carbocycles. The van der Waals surface area contributed by atoms with Crippen LogP contribution in [-0.2, 0) is 4.79 Å². The summed E-state index contributed by atoms with van der Waals surface area (Å²) in [4.78, 5) is 17.9. The maximum atomic E-state index is 13.1. The van der Waals surface area contributed by atoms with Gasteiger partial charge in [-0.25, -0.2) is 5.01 Å². The quantitative estimate of drug-likeness (QED) is 0.647. The fourth-order valence-electron chi connectivity index (χ4n) is 3.50. The van der Waals surface area contributed by atoms with Crippen LogP contribution in [0.4, 0.5) is 0 Å². The van der Waals surface area contributed by atoms with Crippen LogP contribution >= 0.6 is 35.0 Å². The molecule has 0 unspecified atom stereocenters. The lowest BCUT2D eigenvalue weighted by molar-refractivity contribution is -0.116. The van der Waals surface area contributed by atoms with Gasteiger partial charge < -0.3 is 0 Å². The first-order valence-corrected chi connectivity index (χ1v) is 11.8. The van der Waals surface area contributed by atoms with Gasteiger partial charge in [0.05, 0.1) is 5.36 Å². The summed E-state index contributed by atoms with van der Waals surface area (Å²) in [6.45, 7) is 2.19. The van der Waals surface area contributed by atoms with Crippen LogP contribution in [0.25, 0.3) is 5.70 Å². The summed E-state index contributed by atoms with van der Waals surface area (Å²) in [6, 6.07) is 12.9. The third-order valence-electron chi connectivity index (χ3n) is 4.99. The van der Waals surface area contributed by atoms with Crippen LogP contribution in [0.2, 0.25) is 10.0 Å². The number of nitrogens with one attached hydrogen (secondary N) is 1. The minimum Gasteiger partial charge on any atom is -0.298 e. The molecule has 5 nitrogen and oxygen atoms in total. The van der Waals surface area contributed by atoms with Crippen LogP contribution in [-0.4, -0.2) is 21.8 Å². The Kier molecular flexibility index (Phi) is 6.66. The molecular formula is C22H22Cl2N4OS. The number of benzene rings is 2. The van der Waals surface area contributed by atoms with Crippen LogP contribution in [0.15, 0.2) is 52.6 Å². The number of para-hydroxylation sites is 1. The number of unbranched alkanes of at least 4 members (excludes halogenated alkanes) is 3. The molecule has 1 atom stereocenters. The Labute approximate surface area is 189 Å². The molecule has 2 aromatic carbocycles. The van der Waals surface area contributed by atoms with Gasteiger partial charge in [-0.1, -0.05) is 85.4 Å². The van der Waals surface area contributed by atoms with Crippen LogP contribution in [0.3, 0.4) is 0 Å². The minimum absolute atomic E-state index is 0.182. The Hall–Kier alpha value is -2.02. The summed E-state index contributed by atoms with van der Waals surface area (Å²) >= 11 is 14.1. The second-order valence-corrected chi connectivity index (χ2v) is 9.07. The highest BCUT2D eigenvalue weighted by atomic mass is 35.5. The largest absolute Gasteiger partial charge is 0.298 e. The molecule has 8 heteroatoms. The molecule has 0 aromatic heterocycles. The molecule has 2 heterocycles. The van der Waals surface area contributed by atoms with Crippen molar-refractivity contribution in [3.63, 3.8) is 0 Å². The Balaban J connectivity index is 1.74. The minimum atomic E-state index is -0.540. The van der Waals surface area contributed by atoms with Gasteiger partial charge in [0, 0.05) is 26.6 Å². The fraction of sp³-hybridized carbons (Fsp3) is 0.318. The number of nitrogens with zero attached hydrogens (tertiary/aromatic N) is 3. The summed E-state index contributed by atoms with van der Waals surface area (Å²) in [7, 11) is 0. The molecule has 2 aromatic rings. The second-order valence-electron chi connectivity index (χ2n) is 7.15. The number of hydrogen-bond acceptors (Lipinski definition) is 5. The van der Waals surface area contributed by atoms with Crippen molar-refractivity contribution in [2.45, 2.75) is 38.8 Å². The number of carbonyl (C=O) groups is 1. The Morgan fingerprint density at radius 1 is 1.13 bits per heavy atom. The third-order valence-corrected chi connectivity index (χ3v) is 6.51. The lowest BCUT2D eigenvalue weighted by atomic mass is 10.1. The van der Waals surface area contributed by atoms with Gasteiger partial charge in [0.25, 0.3) is 5.91 Å². The molecule has 0 saturated heterocycles. The van der Waals surface area contributed by atoms with Crippen molar-refractivity contribution < 1.29 is 4.79 Å². The molecule has 4 rings (SSSR count). The van der Waals surface area contributed by atoms with Gasteiger partial charge in [0.15, 0.2) is 11.3 Å². The maximum Gasteiger partial charge on any atom is 0.276 e. The van der Waals surface area contributed by atoms with Crippen molar-refractivity contribution in [1.82, 2.24) is 10.3 Å². The normalized spacial score (nSPS) is 17.6. The van der Waals surface area contributed by atoms with Crippen LogP contribution in [0.1, 0.15) is 44.3 Å².